The van der Waals surface area contributed by atoms with Crippen molar-refractivity contribution in [1.82, 2.24) is 20.4 Å². The molecule has 25 heavy (non-hydrogen) atoms. The second-order valence-electron chi connectivity index (χ2n) is 6.33. The van der Waals surface area contributed by atoms with Gasteiger partial charge < -0.3 is 19.5 Å². The van der Waals surface area contributed by atoms with Gasteiger partial charge in [0, 0.05) is 19.2 Å². The number of hydrogen-bond acceptors (Lipinski definition) is 5. The summed E-state index contributed by atoms with van der Waals surface area (Å²) in [6, 6.07) is 9.33. The third-order valence-electron chi connectivity index (χ3n) is 4.31. The fraction of sp³-hybridized carbons (Fsp3) is 0.500. The molecule has 2 aromatic rings. The van der Waals surface area contributed by atoms with Crippen LogP contribution in [0.4, 0.5) is 4.79 Å². The van der Waals surface area contributed by atoms with Crippen LogP contribution in [0.25, 0.3) is 11.4 Å². The molecule has 1 saturated heterocycles. The predicted octanol–water partition coefficient (Wildman–Crippen LogP) is 3.01. The Balaban J connectivity index is 1.75. The number of hydrogen-bond donors (Lipinski definition) is 1. The lowest BCUT2D eigenvalue weighted by atomic mass is 10.0. The molecule has 1 fully saturated rings. The summed E-state index contributed by atoms with van der Waals surface area (Å²) in [5.74, 6) is 1.04. The summed E-state index contributed by atoms with van der Waals surface area (Å²) in [6.45, 7) is 3.07. The fourth-order valence-electron chi connectivity index (χ4n) is 3.09. The number of nitrogens with zero attached hydrogens (tertiary/aromatic N) is 3. The van der Waals surface area contributed by atoms with E-state index in [-0.39, 0.29) is 18.1 Å². The van der Waals surface area contributed by atoms with Gasteiger partial charge in [-0.05, 0) is 26.2 Å². The van der Waals surface area contributed by atoms with Crippen molar-refractivity contribution in [2.75, 3.05) is 20.3 Å². The van der Waals surface area contributed by atoms with Crippen LogP contribution in [0.2, 0.25) is 0 Å². The number of amides is 2. The number of ether oxygens (including phenoxy) is 1. The van der Waals surface area contributed by atoms with Gasteiger partial charge >= 0.3 is 6.03 Å². The Kier molecular flexibility index (Phi) is 5.65. The molecule has 7 heteroatoms. The molecule has 1 aromatic heterocycles. The van der Waals surface area contributed by atoms with Gasteiger partial charge in [-0.3, -0.25) is 0 Å². The molecule has 7 nitrogen and oxygen atoms in total. The molecule has 3 rings (SSSR count). The number of nitrogens with one attached hydrogen (secondary N) is 1. The minimum atomic E-state index is -0.187. The Morgan fingerprint density at radius 2 is 2.20 bits per heavy atom. The molecular formula is C18H24N4O3. The third kappa shape index (κ3) is 4.17. The monoisotopic (exact) mass is 344 g/mol. The highest BCUT2D eigenvalue weighted by Crippen LogP contribution is 2.31. The van der Waals surface area contributed by atoms with Crippen LogP contribution < -0.4 is 5.32 Å². The molecule has 2 atom stereocenters. The zero-order valence-corrected chi connectivity index (χ0v) is 14.6. The maximum atomic E-state index is 12.6. The second kappa shape index (κ2) is 8.11. The van der Waals surface area contributed by atoms with E-state index >= 15 is 0 Å². The van der Waals surface area contributed by atoms with Gasteiger partial charge in [-0.25, -0.2) is 4.79 Å². The maximum absolute atomic E-state index is 12.6. The van der Waals surface area contributed by atoms with Crippen molar-refractivity contribution in [2.45, 2.75) is 38.3 Å². The average molecular weight is 344 g/mol. The second-order valence-corrected chi connectivity index (χ2v) is 6.33. The van der Waals surface area contributed by atoms with Crippen LogP contribution in [0.5, 0.6) is 0 Å². The first kappa shape index (κ1) is 17.4. The first-order valence-electron chi connectivity index (χ1n) is 8.64. The van der Waals surface area contributed by atoms with Crippen LogP contribution in [0.3, 0.4) is 0 Å². The molecule has 1 aliphatic rings. The van der Waals surface area contributed by atoms with E-state index in [1.165, 1.54) is 0 Å². The Hall–Kier alpha value is -2.41. The lowest BCUT2D eigenvalue weighted by molar-refractivity contribution is 0.121. The van der Waals surface area contributed by atoms with Crippen LogP contribution in [0.1, 0.15) is 38.1 Å². The average Bonchev–Trinajstić information content (AvgIpc) is 3.12. The van der Waals surface area contributed by atoms with Gasteiger partial charge in [0.1, 0.15) is 6.04 Å². The number of urea groups is 1. The molecule has 0 radical (unpaired) electrons. The van der Waals surface area contributed by atoms with Crippen molar-refractivity contribution < 1.29 is 14.1 Å². The summed E-state index contributed by atoms with van der Waals surface area (Å²) in [6.07, 6.45) is 2.83. The highest BCUT2D eigenvalue weighted by atomic mass is 16.5. The number of piperidine rings is 1. The molecule has 1 aliphatic heterocycles. The zero-order valence-electron chi connectivity index (χ0n) is 14.6. The van der Waals surface area contributed by atoms with Crippen LogP contribution >= 0.6 is 0 Å². The summed E-state index contributed by atoms with van der Waals surface area (Å²) in [5.41, 5.74) is 0.901. The molecule has 0 aliphatic carbocycles. The van der Waals surface area contributed by atoms with E-state index < -0.39 is 0 Å². The first-order valence-corrected chi connectivity index (χ1v) is 8.64. The Bertz CT molecular complexity index is 689. The van der Waals surface area contributed by atoms with E-state index in [4.69, 9.17) is 9.26 Å². The van der Waals surface area contributed by atoms with Gasteiger partial charge in [-0.15, -0.1) is 0 Å². The minimum Gasteiger partial charge on any atom is -0.383 e. The van der Waals surface area contributed by atoms with Crippen molar-refractivity contribution in [3.63, 3.8) is 0 Å². The van der Waals surface area contributed by atoms with Crippen LogP contribution in [-0.4, -0.2) is 47.4 Å². The summed E-state index contributed by atoms with van der Waals surface area (Å²) < 4.78 is 10.6. The first-order chi connectivity index (χ1) is 12.2. The maximum Gasteiger partial charge on any atom is 0.318 e. The number of aromatic nitrogens is 2. The Morgan fingerprint density at radius 3 is 2.96 bits per heavy atom. The van der Waals surface area contributed by atoms with E-state index in [0.29, 0.717) is 24.9 Å². The number of benzene rings is 1. The van der Waals surface area contributed by atoms with Crippen molar-refractivity contribution in [2.24, 2.45) is 0 Å². The number of likely N-dealkylation sites (tertiary alicyclic amines) is 1. The Morgan fingerprint density at radius 1 is 1.40 bits per heavy atom. The van der Waals surface area contributed by atoms with Crippen LogP contribution in [-0.2, 0) is 4.74 Å². The van der Waals surface area contributed by atoms with E-state index in [1.807, 2.05) is 37.3 Å². The molecule has 1 aromatic carbocycles. The highest BCUT2D eigenvalue weighted by Gasteiger charge is 2.32. The number of carbonyl (C=O) groups is 1. The van der Waals surface area contributed by atoms with Crippen molar-refractivity contribution in [1.29, 1.82) is 0 Å². The summed E-state index contributed by atoms with van der Waals surface area (Å²) in [7, 11) is 1.62. The predicted molar refractivity (Wildman–Crippen MR) is 92.9 cm³/mol. The van der Waals surface area contributed by atoms with Crippen LogP contribution in [0.15, 0.2) is 34.9 Å². The zero-order chi connectivity index (χ0) is 17.6. The fourth-order valence-corrected chi connectivity index (χ4v) is 3.09. The molecule has 134 valence electrons. The SMILES string of the molecule is COCC(C)NC(=O)N1CCCCC1c1nc(-c2ccccc2)no1. The highest BCUT2D eigenvalue weighted by molar-refractivity contribution is 5.75. The number of rotatable bonds is 5. The summed E-state index contributed by atoms with van der Waals surface area (Å²) in [4.78, 5) is 18.9. The van der Waals surface area contributed by atoms with Gasteiger partial charge in [0.15, 0.2) is 0 Å². The Labute approximate surface area is 147 Å². The van der Waals surface area contributed by atoms with E-state index in [2.05, 4.69) is 15.5 Å². The van der Waals surface area contributed by atoms with E-state index in [9.17, 15) is 4.79 Å². The molecule has 0 bridgehead atoms. The van der Waals surface area contributed by atoms with Crippen molar-refractivity contribution >= 4 is 6.03 Å². The molecule has 2 amide bonds. The van der Waals surface area contributed by atoms with Gasteiger partial charge in [0.25, 0.3) is 0 Å². The normalized spacial score (nSPS) is 18.8. The lowest BCUT2D eigenvalue weighted by Crippen LogP contribution is -2.48. The van der Waals surface area contributed by atoms with Crippen LogP contribution in [0, 0.1) is 0 Å². The topological polar surface area (TPSA) is 80.5 Å². The summed E-state index contributed by atoms with van der Waals surface area (Å²) in [5, 5.41) is 7.04. The largest absolute Gasteiger partial charge is 0.383 e. The number of carbonyl (C=O) groups excluding carboxylic acids is 1. The summed E-state index contributed by atoms with van der Waals surface area (Å²) >= 11 is 0. The molecular weight excluding hydrogens is 320 g/mol. The molecule has 0 spiro atoms. The molecule has 0 saturated carbocycles. The molecule has 2 heterocycles. The number of methoxy groups -OCH3 is 1. The third-order valence-corrected chi connectivity index (χ3v) is 4.31. The quantitative estimate of drug-likeness (QED) is 0.902. The van der Waals surface area contributed by atoms with Gasteiger partial charge in [0.05, 0.1) is 12.6 Å². The molecule has 2 unspecified atom stereocenters. The van der Waals surface area contributed by atoms with Gasteiger partial charge in [-0.1, -0.05) is 35.5 Å². The van der Waals surface area contributed by atoms with Gasteiger partial charge in [-0.2, -0.15) is 4.98 Å². The van der Waals surface area contributed by atoms with Crippen molar-refractivity contribution in [3.05, 3.63) is 36.2 Å². The minimum absolute atomic E-state index is 0.0531. The van der Waals surface area contributed by atoms with Crippen molar-refractivity contribution in [3.8, 4) is 11.4 Å². The van der Waals surface area contributed by atoms with Gasteiger partial charge in [0.2, 0.25) is 11.7 Å². The van der Waals surface area contributed by atoms with E-state index in [1.54, 1.807) is 12.0 Å². The lowest BCUT2D eigenvalue weighted by Gasteiger charge is -2.34. The smallest absolute Gasteiger partial charge is 0.318 e. The standard InChI is InChI=1S/C18H24N4O3/c1-13(12-24-2)19-18(23)22-11-7-6-10-15(22)17-20-16(21-25-17)14-8-4-3-5-9-14/h3-5,8-9,13,15H,6-7,10-12H2,1-2H3,(H,19,23). The molecule has 1 N–H and O–H groups in total. The van der Waals surface area contributed by atoms with E-state index in [0.717, 1.165) is 24.8 Å².